The minimum Gasteiger partial charge on any atom is -0.484 e. The van der Waals surface area contributed by atoms with Gasteiger partial charge >= 0.3 is 6.09 Å². The number of benzene rings is 1. The van der Waals surface area contributed by atoms with Gasteiger partial charge in [0.15, 0.2) is 6.61 Å². The van der Waals surface area contributed by atoms with Crippen molar-refractivity contribution in [3.8, 4) is 11.4 Å². The molecule has 0 N–H and O–H groups in total. The molecule has 10 nitrogen and oxygen atoms in total. The van der Waals surface area contributed by atoms with Crippen LogP contribution in [0, 0.1) is 0 Å². The molecule has 138 valence electrons. The number of tetrazole rings is 1. The highest BCUT2D eigenvalue weighted by atomic mass is 16.6. The van der Waals surface area contributed by atoms with Gasteiger partial charge in [-0.25, -0.2) is 9.48 Å². The zero-order valence-electron chi connectivity index (χ0n) is 14.4. The van der Waals surface area contributed by atoms with Gasteiger partial charge in [0.2, 0.25) is 0 Å². The lowest BCUT2D eigenvalue weighted by Gasteiger charge is -2.33. The molecule has 1 fully saturated rings. The summed E-state index contributed by atoms with van der Waals surface area (Å²) in [5.41, 5.74) is 0.795. The van der Waals surface area contributed by atoms with Crippen LogP contribution in [-0.4, -0.2) is 81.4 Å². The van der Waals surface area contributed by atoms with E-state index in [0.29, 0.717) is 38.5 Å². The average Bonchev–Trinajstić information content (AvgIpc) is 3.21. The third-order valence-corrected chi connectivity index (χ3v) is 3.97. The SMILES string of the molecule is CCOC(=O)N1CCN(C(=O)COc2ccc(-n3cnnn3)cc2)CC1. The normalized spacial score (nSPS) is 14.2. The Morgan fingerprint density at radius 1 is 1.08 bits per heavy atom. The van der Waals surface area contributed by atoms with Crippen molar-refractivity contribution >= 4 is 12.0 Å². The highest BCUT2D eigenvalue weighted by Gasteiger charge is 2.24. The van der Waals surface area contributed by atoms with Crippen molar-refractivity contribution in [1.82, 2.24) is 30.0 Å². The molecule has 0 spiro atoms. The summed E-state index contributed by atoms with van der Waals surface area (Å²) in [5, 5.41) is 11.0. The van der Waals surface area contributed by atoms with Crippen LogP contribution >= 0.6 is 0 Å². The van der Waals surface area contributed by atoms with Gasteiger partial charge in [-0.05, 0) is 41.6 Å². The quantitative estimate of drug-likeness (QED) is 0.757. The summed E-state index contributed by atoms with van der Waals surface area (Å²) in [6, 6.07) is 7.11. The number of amides is 2. The summed E-state index contributed by atoms with van der Waals surface area (Å²) in [5.74, 6) is 0.471. The Hall–Kier alpha value is -3.17. The first kappa shape index (κ1) is 17.6. The fourth-order valence-corrected chi connectivity index (χ4v) is 2.56. The number of carbonyl (C=O) groups excluding carboxylic acids is 2. The summed E-state index contributed by atoms with van der Waals surface area (Å²) < 4.78 is 12.0. The monoisotopic (exact) mass is 360 g/mol. The van der Waals surface area contributed by atoms with E-state index in [2.05, 4.69) is 15.5 Å². The Morgan fingerprint density at radius 2 is 1.77 bits per heavy atom. The van der Waals surface area contributed by atoms with E-state index in [4.69, 9.17) is 9.47 Å². The van der Waals surface area contributed by atoms with Crippen LogP contribution in [0.15, 0.2) is 30.6 Å². The second-order valence-electron chi connectivity index (χ2n) is 5.60. The fourth-order valence-electron chi connectivity index (χ4n) is 2.56. The Labute approximate surface area is 150 Å². The van der Waals surface area contributed by atoms with E-state index in [-0.39, 0.29) is 18.6 Å². The third-order valence-electron chi connectivity index (χ3n) is 3.97. The summed E-state index contributed by atoms with van der Waals surface area (Å²) in [4.78, 5) is 27.2. The zero-order chi connectivity index (χ0) is 18.4. The highest BCUT2D eigenvalue weighted by molar-refractivity contribution is 5.78. The highest BCUT2D eigenvalue weighted by Crippen LogP contribution is 2.14. The summed E-state index contributed by atoms with van der Waals surface area (Å²) in [6.07, 6.45) is 1.16. The first-order valence-electron chi connectivity index (χ1n) is 8.33. The van der Waals surface area contributed by atoms with Crippen LogP contribution in [0.2, 0.25) is 0 Å². The van der Waals surface area contributed by atoms with Gasteiger partial charge in [-0.1, -0.05) is 0 Å². The Kier molecular flexibility index (Phi) is 5.62. The van der Waals surface area contributed by atoms with Gasteiger partial charge in [0, 0.05) is 26.2 Å². The molecule has 26 heavy (non-hydrogen) atoms. The maximum Gasteiger partial charge on any atom is 0.409 e. The topological polar surface area (TPSA) is 103 Å². The predicted octanol–water partition coefficient (Wildman–Crippen LogP) is 0.342. The van der Waals surface area contributed by atoms with Crippen LogP contribution < -0.4 is 4.74 Å². The van der Waals surface area contributed by atoms with E-state index in [9.17, 15) is 9.59 Å². The maximum absolute atomic E-state index is 12.3. The summed E-state index contributed by atoms with van der Waals surface area (Å²) in [6.45, 7) is 3.93. The van der Waals surface area contributed by atoms with E-state index in [1.54, 1.807) is 41.0 Å². The molecule has 1 aliphatic rings. The molecule has 1 aromatic carbocycles. The number of carbonyl (C=O) groups is 2. The molecule has 1 saturated heterocycles. The van der Waals surface area contributed by atoms with E-state index in [1.807, 2.05) is 0 Å². The second-order valence-corrected chi connectivity index (χ2v) is 5.60. The number of nitrogens with zero attached hydrogens (tertiary/aromatic N) is 6. The van der Waals surface area contributed by atoms with Crippen molar-refractivity contribution in [2.24, 2.45) is 0 Å². The van der Waals surface area contributed by atoms with Gasteiger partial charge in [-0.15, -0.1) is 5.10 Å². The minimum absolute atomic E-state index is 0.0520. The number of hydrogen-bond acceptors (Lipinski definition) is 7. The Balaban J connectivity index is 1.45. The lowest BCUT2D eigenvalue weighted by Crippen LogP contribution is -2.51. The molecular weight excluding hydrogens is 340 g/mol. The summed E-state index contributed by atoms with van der Waals surface area (Å²) >= 11 is 0. The zero-order valence-corrected chi connectivity index (χ0v) is 14.4. The van der Waals surface area contributed by atoms with Crippen molar-refractivity contribution in [2.45, 2.75) is 6.92 Å². The third kappa shape index (κ3) is 4.26. The number of rotatable bonds is 5. The van der Waals surface area contributed by atoms with Crippen molar-refractivity contribution in [3.63, 3.8) is 0 Å². The lowest BCUT2D eigenvalue weighted by atomic mass is 10.3. The van der Waals surface area contributed by atoms with Crippen LogP contribution in [0.1, 0.15) is 6.92 Å². The van der Waals surface area contributed by atoms with Crippen molar-refractivity contribution in [1.29, 1.82) is 0 Å². The lowest BCUT2D eigenvalue weighted by molar-refractivity contribution is -0.134. The molecule has 0 bridgehead atoms. The largest absolute Gasteiger partial charge is 0.484 e. The van der Waals surface area contributed by atoms with Gasteiger partial charge in [0.1, 0.15) is 12.1 Å². The number of aromatic nitrogens is 4. The van der Waals surface area contributed by atoms with E-state index >= 15 is 0 Å². The number of hydrogen-bond donors (Lipinski definition) is 0. The molecule has 0 saturated carbocycles. The molecule has 1 aromatic heterocycles. The maximum atomic E-state index is 12.3. The molecule has 2 amide bonds. The van der Waals surface area contributed by atoms with Gasteiger partial charge in [0.05, 0.1) is 12.3 Å². The number of piperazine rings is 1. The second kappa shape index (κ2) is 8.28. The van der Waals surface area contributed by atoms with Crippen molar-refractivity contribution in [3.05, 3.63) is 30.6 Å². The fraction of sp³-hybridized carbons (Fsp3) is 0.438. The van der Waals surface area contributed by atoms with E-state index < -0.39 is 0 Å². The molecular formula is C16H20N6O4. The molecule has 0 unspecified atom stereocenters. The first-order chi connectivity index (χ1) is 12.7. The molecule has 10 heteroatoms. The van der Waals surface area contributed by atoms with Crippen LogP contribution in [0.4, 0.5) is 4.79 Å². The number of ether oxygens (including phenoxy) is 2. The van der Waals surface area contributed by atoms with Crippen LogP contribution in [0.25, 0.3) is 5.69 Å². The molecule has 2 aromatic rings. The molecule has 1 aliphatic heterocycles. The van der Waals surface area contributed by atoms with E-state index in [1.165, 1.54) is 11.0 Å². The van der Waals surface area contributed by atoms with Crippen molar-refractivity contribution in [2.75, 3.05) is 39.4 Å². The predicted molar refractivity (Wildman–Crippen MR) is 89.8 cm³/mol. The molecule has 0 aliphatic carbocycles. The minimum atomic E-state index is -0.335. The van der Waals surface area contributed by atoms with Crippen LogP contribution in [-0.2, 0) is 9.53 Å². The molecule has 0 radical (unpaired) electrons. The summed E-state index contributed by atoms with van der Waals surface area (Å²) in [7, 11) is 0. The van der Waals surface area contributed by atoms with Crippen LogP contribution in [0.5, 0.6) is 5.75 Å². The molecule has 0 atom stereocenters. The van der Waals surface area contributed by atoms with Gasteiger partial charge < -0.3 is 19.3 Å². The molecule has 3 rings (SSSR count). The smallest absolute Gasteiger partial charge is 0.409 e. The standard InChI is InChI=1S/C16H20N6O4/c1-2-25-16(24)21-9-7-20(8-10-21)15(23)11-26-14-5-3-13(4-6-14)22-12-17-18-19-22/h3-6,12H,2,7-11H2,1H3. The Bertz CT molecular complexity index is 726. The Morgan fingerprint density at radius 3 is 2.38 bits per heavy atom. The van der Waals surface area contributed by atoms with Gasteiger partial charge in [-0.2, -0.15) is 0 Å². The van der Waals surface area contributed by atoms with E-state index in [0.717, 1.165) is 5.69 Å². The average molecular weight is 360 g/mol. The van der Waals surface area contributed by atoms with Gasteiger partial charge in [0.25, 0.3) is 5.91 Å². The van der Waals surface area contributed by atoms with Gasteiger partial charge in [-0.3, -0.25) is 4.79 Å². The first-order valence-corrected chi connectivity index (χ1v) is 8.33. The molecule has 2 heterocycles. The van der Waals surface area contributed by atoms with Crippen molar-refractivity contribution < 1.29 is 19.1 Å². The van der Waals surface area contributed by atoms with Crippen LogP contribution in [0.3, 0.4) is 0 Å².